The van der Waals surface area contributed by atoms with Crippen molar-refractivity contribution in [2.75, 3.05) is 13.1 Å². The van der Waals surface area contributed by atoms with Crippen LogP contribution in [0.4, 0.5) is 0 Å². The van der Waals surface area contributed by atoms with E-state index in [2.05, 4.69) is 41.8 Å². The minimum Gasteiger partial charge on any atom is -0.393 e. The van der Waals surface area contributed by atoms with Crippen LogP contribution in [-0.2, 0) is 13.6 Å². The van der Waals surface area contributed by atoms with Gasteiger partial charge in [-0.3, -0.25) is 9.58 Å². The lowest BCUT2D eigenvalue weighted by Gasteiger charge is -2.34. The van der Waals surface area contributed by atoms with Gasteiger partial charge in [0.05, 0.1) is 12.3 Å². The summed E-state index contributed by atoms with van der Waals surface area (Å²) in [6.45, 7) is 7.64. The van der Waals surface area contributed by atoms with Crippen LogP contribution in [0.15, 0.2) is 6.20 Å². The third-order valence-corrected chi connectivity index (χ3v) is 5.31. The van der Waals surface area contributed by atoms with Crippen molar-refractivity contribution in [2.45, 2.75) is 64.5 Å². The molecular formula is C18H31N3O. The van der Waals surface area contributed by atoms with Gasteiger partial charge in [0.15, 0.2) is 0 Å². The van der Waals surface area contributed by atoms with Crippen LogP contribution >= 0.6 is 0 Å². The molecule has 4 heteroatoms. The molecule has 1 aliphatic carbocycles. The molecule has 2 fully saturated rings. The van der Waals surface area contributed by atoms with E-state index in [1.165, 1.54) is 24.1 Å². The van der Waals surface area contributed by atoms with Crippen LogP contribution < -0.4 is 0 Å². The second-order valence-corrected chi connectivity index (χ2v) is 7.76. The number of aromatic nitrogens is 2. The molecule has 0 spiro atoms. The molecule has 1 atom stereocenters. The van der Waals surface area contributed by atoms with Gasteiger partial charge in [-0.05, 0) is 57.0 Å². The van der Waals surface area contributed by atoms with E-state index >= 15 is 0 Å². The van der Waals surface area contributed by atoms with Gasteiger partial charge in [-0.15, -0.1) is 0 Å². The Morgan fingerprint density at radius 3 is 2.50 bits per heavy atom. The Labute approximate surface area is 134 Å². The molecule has 0 bridgehead atoms. The molecule has 2 aliphatic rings. The van der Waals surface area contributed by atoms with E-state index < -0.39 is 0 Å². The van der Waals surface area contributed by atoms with Gasteiger partial charge in [0.2, 0.25) is 0 Å². The number of rotatable bonds is 6. The highest BCUT2D eigenvalue weighted by molar-refractivity contribution is 5.25. The van der Waals surface area contributed by atoms with Gasteiger partial charge < -0.3 is 5.11 Å². The van der Waals surface area contributed by atoms with E-state index in [1.807, 2.05) is 0 Å². The van der Waals surface area contributed by atoms with Gasteiger partial charge in [-0.2, -0.15) is 5.10 Å². The molecule has 0 unspecified atom stereocenters. The number of piperidine rings is 1. The van der Waals surface area contributed by atoms with Gasteiger partial charge in [0, 0.05) is 30.8 Å². The van der Waals surface area contributed by atoms with Crippen LogP contribution in [0.1, 0.15) is 63.1 Å². The number of likely N-dealkylation sites (tertiary alicyclic amines) is 1. The molecule has 4 nitrogen and oxygen atoms in total. The third kappa shape index (κ3) is 3.72. The van der Waals surface area contributed by atoms with Crippen molar-refractivity contribution in [1.29, 1.82) is 0 Å². The summed E-state index contributed by atoms with van der Waals surface area (Å²) in [5.74, 6) is 1.84. The molecule has 1 aromatic rings. The molecule has 124 valence electrons. The molecule has 1 aromatic heterocycles. The molecule has 0 radical (unpaired) electrons. The lowest BCUT2D eigenvalue weighted by molar-refractivity contribution is 0.0436. The molecule has 0 amide bonds. The second-order valence-electron chi connectivity index (χ2n) is 7.76. The summed E-state index contributed by atoms with van der Waals surface area (Å²) in [6.07, 6.45) is 7.82. The molecule has 2 heterocycles. The van der Waals surface area contributed by atoms with Gasteiger partial charge in [-0.25, -0.2) is 0 Å². The fourth-order valence-corrected chi connectivity index (χ4v) is 3.91. The fraction of sp³-hybridized carbons (Fsp3) is 0.833. The smallest absolute Gasteiger partial charge is 0.0571 e. The van der Waals surface area contributed by atoms with E-state index in [9.17, 15) is 5.11 Å². The van der Waals surface area contributed by atoms with Gasteiger partial charge in [-0.1, -0.05) is 13.8 Å². The second kappa shape index (κ2) is 6.71. The highest BCUT2D eigenvalue weighted by Gasteiger charge is 2.31. The van der Waals surface area contributed by atoms with Crippen molar-refractivity contribution < 1.29 is 5.11 Å². The van der Waals surface area contributed by atoms with Crippen molar-refractivity contribution in [1.82, 2.24) is 14.7 Å². The average Bonchev–Trinajstić information content (AvgIpc) is 3.24. The van der Waals surface area contributed by atoms with Crippen molar-refractivity contribution in [3.8, 4) is 0 Å². The van der Waals surface area contributed by atoms with Crippen LogP contribution in [0.2, 0.25) is 0 Å². The van der Waals surface area contributed by atoms with E-state index in [4.69, 9.17) is 0 Å². The Bertz CT molecular complexity index is 485. The van der Waals surface area contributed by atoms with E-state index in [-0.39, 0.29) is 6.10 Å². The Morgan fingerprint density at radius 1 is 1.23 bits per heavy atom. The number of nitrogens with zero attached hydrogens (tertiary/aromatic N) is 3. The fourth-order valence-electron chi connectivity index (χ4n) is 3.91. The summed E-state index contributed by atoms with van der Waals surface area (Å²) in [4.78, 5) is 2.54. The molecule has 0 aromatic carbocycles. The summed E-state index contributed by atoms with van der Waals surface area (Å²) in [7, 11) is 2.08. The molecule has 1 saturated heterocycles. The van der Waals surface area contributed by atoms with Crippen LogP contribution in [0.5, 0.6) is 0 Å². The Kier molecular flexibility index (Phi) is 4.88. The topological polar surface area (TPSA) is 41.3 Å². The minimum absolute atomic E-state index is 0.109. The molecule has 1 saturated carbocycles. The summed E-state index contributed by atoms with van der Waals surface area (Å²) in [5.41, 5.74) is 2.88. The Hall–Kier alpha value is -0.870. The van der Waals surface area contributed by atoms with E-state index in [0.717, 1.165) is 44.8 Å². The third-order valence-electron chi connectivity index (χ3n) is 5.31. The SMILES string of the molecule is CC(C)C[C@@H](O)C1CCN(Cc2cnn(C)c2C2CC2)CC1. The van der Waals surface area contributed by atoms with Crippen molar-refractivity contribution in [3.63, 3.8) is 0 Å². The van der Waals surface area contributed by atoms with Crippen LogP contribution in [0.3, 0.4) is 0 Å². The van der Waals surface area contributed by atoms with Gasteiger partial charge in [0.1, 0.15) is 0 Å². The minimum atomic E-state index is -0.109. The normalized spacial score (nSPS) is 22.4. The highest BCUT2D eigenvalue weighted by atomic mass is 16.3. The summed E-state index contributed by atoms with van der Waals surface area (Å²) in [5, 5.41) is 14.8. The van der Waals surface area contributed by atoms with Gasteiger partial charge >= 0.3 is 0 Å². The number of aliphatic hydroxyl groups excluding tert-OH is 1. The van der Waals surface area contributed by atoms with E-state index in [1.54, 1.807) is 0 Å². The molecule has 1 N–H and O–H groups in total. The van der Waals surface area contributed by atoms with Gasteiger partial charge in [0.25, 0.3) is 0 Å². The first kappa shape index (κ1) is 16.0. The lowest BCUT2D eigenvalue weighted by Crippen LogP contribution is -2.37. The molecular weight excluding hydrogens is 274 g/mol. The summed E-state index contributed by atoms with van der Waals surface area (Å²) in [6, 6.07) is 0. The quantitative estimate of drug-likeness (QED) is 0.878. The molecule has 3 rings (SSSR count). The predicted molar refractivity (Wildman–Crippen MR) is 88.6 cm³/mol. The summed E-state index contributed by atoms with van der Waals surface area (Å²) < 4.78 is 2.08. The number of aryl methyl sites for hydroxylation is 1. The predicted octanol–water partition coefficient (Wildman–Crippen LogP) is 2.92. The maximum absolute atomic E-state index is 10.3. The Balaban J connectivity index is 1.52. The first-order valence-corrected chi connectivity index (χ1v) is 8.95. The Morgan fingerprint density at radius 2 is 1.91 bits per heavy atom. The number of hydrogen-bond donors (Lipinski definition) is 1. The maximum atomic E-state index is 10.3. The monoisotopic (exact) mass is 305 g/mol. The lowest BCUT2D eigenvalue weighted by atomic mass is 9.87. The van der Waals surface area contributed by atoms with E-state index in [0.29, 0.717) is 11.8 Å². The van der Waals surface area contributed by atoms with Crippen LogP contribution in [0, 0.1) is 11.8 Å². The zero-order valence-corrected chi connectivity index (χ0v) is 14.3. The summed E-state index contributed by atoms with van der Waals surface area (Å²) >= 11 is 0. The van der Waals surface area contributed by atoms with Crippen molar-refractivity contribution in [3.05, 3.63) is 17.5 Å². The van der Waals surface area contributed by atoms with Crippen molar-refractivity contribution in [2.24, 2.45) is 18.9 Å². The first-order valence-electron chi connectivity index (χ1n) is 8.95. The standard InChI is InChI=1S/C18H31N3O/c1-13(2)10-17(22)14-6-8-21(9-7-14)12-16-11-19-20(3)18(16)15-4-5-15/h11,13-15,17,22H,4-10,12H2,1-3H3/t17-/m1/s1. The van der Waals surface area contributed by atoms with Crippen LogP contribution in [0.25, 0.3) is 0 Å². The number of hydrogen-bond acceptors (Lipinski definition) is 3. The first-order chi connectivity index (χ1) is 10.5. The molecule has 22 heavy (non-hydrogen) atoms. The highest BCUT2D eigenvalue weighted by Crippen LogP contribution is 2.41. The average molecular weight is 305 g/mol. The zero-order valence-electron chi connectivity index (χ0n) is 14.3. The van der Waals surface area contributed by atoms with Crippen molar-refractivity contribution >= 4 is 0 Å². The largest absolute Gasteiger partial charge is 0.393 e. The zero-order chi connectivity index (χ0) is 15.7. The maximum Gasteiger partial charge on any atom is 0.0571 e. The van der Waals surface area contributed by atoms with Crippen LogP contribution in [-0.4, -0.2) is 39.0 Å². The molecule has 1 aliphatic heterocycles. The number of aliphatic hydroxyl groups is 1.